The Hall–Kier alpha value is -0.830. The molecule has 1 unspecified atom stereocenters. The highest BCUT2D eigenvalue weighted by molar-refractivity contribution is 5.09. The number of nitrogens with zero attached hydrogens (tertiary/aromatic N) is 3. The van der Waals surface area contributed by atoms with Crippen LogP contribution in [0.3, 0.4) is 0 Å². The van der Waals surface area contributed by atoms with Crippen molar-refractivity contribution in [3.63, 3.8) is 0 Å². The van der Waals surface area contributed by atoms with E-state index < -0.39 is 0 Å². The Labute approximate surface area is 98.4 Å². The summed E-state index contributed by atoms with van der Waals surface area (Å²) in [6.07, 6.45) is 6.83. The maximum Gasteiger partial charge on any atom is 0.0646 e. The molecule has 1 aromatic heterocycles. The van der Waals surface area contributed by atoms with Crippen molar-refractivity contribution in [2.24, 2.45) is 0 Å². The Morgan fingerprint density at radius 2 is 2.31 bits per heavy atom. The quantitative estimate of drug-likeness (QED) is 0.782. The molecule has 0 radical (unpaired) electrons. The average molecular weight is 221 g/mol. The first-order chi connectivity index (χ1) is 7.70. The highest BCUT2D eigenvalue weighted by Gasteiger charge is 2.20. The first kappa shape index (κ1) is 11.6. The summed E-state index contributed by atoms with van der Waals surface area (Å²) in [5.41, 5.74) is 1.36. The van der Waals surface area contributed by atoms with Crippen LogP contribution in [0.2, 0.25) is 0 Å². The molecule has 1 fully saturated rings. The van der Waals surface area contributed by atoms with Gasteiger partial charge in [-0.3, -0.25) is 4.68 Å². The van der Waals surface area contributed by atoms with Crippen molar-refractivity contribution in [1.82, 2.24) is 14.7 Å². The van der Waals surface area contributed by atoms with Crippen LogP contribution in [0.4, 0.5) is 0 Å². The van der Waals surface area contributed by atoms with Gasteiger partial charge < -0.3 is 4.90 Å². The zero-order valence-corrected chi connectivity index (χ0v) is 10.7. The lowest BCUT2D eigenvalue weighted by Crippen LogP contribution is -2.36. The van der Waals surface area contributed by atoms with E-state index in [0.29, 0.717) is 12.0 Å². The molecule has 0 aliphatic carbocycles. The van der Waals surface area contributed by atoms with Crippen LogP contribution in [-0.4, -0.2) is 34.3 Å². The van der Waals surface area contributed by atoms with E-state index in [4.69, 9.17) is 0 Å². The van der Waals surface area contributed by atoms with Crippen molar-refractivity contribution in [2.45, 2.75) is 45.6 Å². The number of aromatic nitrogens is 2. The van der Waals surface area contributed by atoms with Crippen LogP contribution in [0.25, 0.3) is 0 Å². The van der Waals surface area contributed by atoms with Crippen molar-refractivity contribution < 1.29 is 0 Å². The molecule has 2 heterocycles. The highest BCUT2D eigenvalue weighted by Crippen LogP contribution is 2.22. The summed E-state index contributed by atoms with van der Waals surface area (Å²) < 4.78 is 2.18. The molecule has 0 amide bonds. The predicted molar refractivity (Wildman–Crippen MR) is 66.7 cm³/mol. The topological polar surface area (TPSA) is 21.1 Å². The summed E-state index contributed by atoms with van der Waals surface area (Å²) in [5, 5.41) is 4.52. The largest absolute Gasteiger partial charge is 0.301 e. The van der Waals surface area contributed by atoms with Gasteiger partial charge >= 0.3 is 0 Å². The molecule has 1 aliphatic rings. The van der Waals surface area contributed by atoms with Gasteiger partial charge in [-0.05, 0) is 37.4 Å². The van der Waals surface area contributed by atoms with Crippen LogP contribution in [-0.2, 0) is 0 Å². The van der Waals surface area contributed by atoms with Gasteiger partial charge in [-0.1, -0.05) is 20.8 Å². The number of rotatable bonds is 3. The Morgan fingerprint density at radius 1 is 1.50 bits per heavy atom. The van der Waals surface area contributed by atoms with Gasteiger partial charge in [-0.2, -0.15) is 5.10 Å². The molecule has 16 heavy (non-hydrogen) atoms. The molecule has 2 rings (SSSR count). The molecular formula is C13H23N3. The summed E-state index contributed by atoms with van der Waals surface area (Å²) in [7, 11) is 0. The lowest BCUT2D eigenvalue weighted by atomic mass is 10.1. The zero-order valence-electron chi connectivity index (χ0n) is 10.7. The van der Waals surface area contributed by atoms with E-state index in [2.05, 4.69) is 41.6 Å². The van der Waals surface area contributed by atoms with E-state index in [0.717, 1.165) is 13.1 Å². The monoisotopic (exact) mass is 221 g/mol. The third kappa shape index (κ3) is 2.46. The van der Waals surface area contributed by atoms with E-state index in [1.807, 2.05) is 6.20 Å². The van der Waals surface area contributed by atoms with Gasteiger partial charge in [0.1, 0.15) is 0 Å². The number of hydrogen-bond acceptors (Lipinski definition) is 2. The van der Waals surface area contributed by atoms with E-state index in [-0.39, 0.29) is 0 Å². The van der Waals surface area contributed by atoms with Gasteiger partial charge in [0.2, 0.25) is 0 Å². The number of likely N-dealkylation sites (N-methyl/N-ethyl adjacent to an activating group) is 1. The summed E-state index contributed by atoms with van der Waals surface area (Å²) in [4.78, 5) is 2.52. The van der Waals surface area contributed by atoms with Crippen molar-refractivity contribution >= 4 is 0 Å². The Morgan fingerprint density at radius 3 is 2.94 bits per heavy atom. The lowest BCUT2D eigenvalue weighted by molar-refractivity contribution is 0.177. The van der Waals surface area contributed by atoms with Crippen LogP contribution in [0.15, 0.2) is 12.4 Å². The van der Waals surface area contributed by atoms with Gasteiger partial charge in [0, 0.05) is 12.7 Å². The number of piperidine rings is 1. The molecule has 90 valence electrons. The Balaban J connectivity index is 2.05. The maximum atomic E-state index is 4.52. The second-order valence-electron chi connectivity index (χ2n) is 5.10. The van der Waals surface area contributed by atoms with E-state index in [1.165, 1.54) is 24.9 Å². The molecule has 1 saturated heterocycles. The van der Waals surface area contributed by atoms with Gasteiger partial charge in [-0.25, -0.2) is 0 Å². The van der Waals surface area contributed by atoms with Gasteiger partial charge in [0.05, 0.1) is 12.2 Å². The zero-order chi connectivity index (χ0) is 11.5. The second-order valence-corrected chi connectivity index (χ2v) is 5.10. The molecule has 1 atom stereocenters. The minimum absolute atomic E-state index is 0.583. The molecule has 3 heteroatoms. The van der Waals surface area contributed by atoms with Crippen molar-refractivity contribution in [2.75, 3.05) is 19.6 Å². The average Bonchev–Trinajstić information content (AvgIpc) is 2.78. The molecule has 0 aromatic carbocycles. The van der Waals surface area contributed by atoms with Gasteiger partial charge in [-0.15, -0.1) is 0 Å². The molecule has 0 N–H and O–H groups in total. The van der Waals surface area contributed by atoms with E-state index in [9.17, 15) is 0 Å². The molecule has 3 nitrogen and oxygen atoms in total. The van der Waals surface area contributed by atoms with Crippen LogP contribution < -0.4 is 0 Å². The smallest absolute Gasteiger partial charge is 0.0646 e. The first-order valence-corrected chi connectivity index (χ1v) is 6.47. The standard InChI is InChI=1S/C13H23N3/c1-4-15-7-5-6-13(10-15)16-9-12(8-14-16)11(2)3/h8-9,11,13H,4-7,10H2,1-3H3. The van der Waals surface area contributed by atoms with Crippen LogP contribution in [0.1, 0.15) is 51.1 Å². The van der Waals surface area contributed by atoms with Crippen molar-refractivity contribution in [1.29, 1.82) is 0 Å². The summed E-state index contributed by atoms with van der Waals surface area (Å²) in [6, 6.07) is 0.584. The fourth-order valence-corrected chi connectivity index (χ4v) is 2.38. The fourth-order valence-electron chi connectivity index (χ4n) is 2.38. The number of hydrogen-bond donors (Lipinski definition) is 0. The third-order valence-corrected chi connectivity index (χ3v) is 3.59. The second kappa shape index (κ2) is 5.00. The van der Waals surface area contributed by atoms with Gasteiger partial charge in [0.15, 0.2) is 0 Å². The minimum atomic E-state index is 0.583. The fraction of sp³-hybridized carbons (Fsp3) is 0.769. The van der Waals surface area contributed by atoms with Crippen LogP contribution >= 0.6 is 0 Å². The summed E-state index contributed by atoms with van der Waals surface area (Å²) in [6.45, 7) is 10.3. The summed E-state index contributed by atoms with van der Waals surface area (Å²) in [5.74, 6) is 0.583. The lowest BCUT2D eigenvalue weighted by Gasteiger charge is -2.31. The normalized spacial score (nSPS) is 22.9. The van der Waals surface area contributed by atoms with Crippen molar-refractivity contribution in [3.8, 4) is 0 Å². The summed E-state index contributed by atoms with van der Waals surface area (Å²) >= 11 is 0. The highest BCUT2D eigenvalue weighted by atomic mass is 15.3. The minimum Gasteiger partial charge on any atom is -0.301 e. The van der Waals surface area contributed by atoms with E-state index >= 15 is 0 Å². The molecule has 0 bridgehead atoms. The van der Waals surface area contributed by atoms with E-state index in [1.54, 1.807) is 0 Å². The number of likely N-dealkylation sites (tertiary alicyclic amines) is 1. The Kier molecular flexibility index (Phi) is 3.64. The Bertz CT molecular complexity index is 330. The SMILES string of the molecule is CCN1CCCC(n2cc(C(C)C)cn2)C1. The molecule has 0 saturated carbocycles. The maximum absolute atomic E-state index is 4.52. The molecule has 1 aromatic rings. The third-order valence-electron chi connectivity index (χ3n) is 3.59. The van der Waals surface area contributed by atoms with Crippen LogP contribution in [0.5, 0.6) is 0 Å². The first-order valence-electron chi connectivity index (χ1n) is 6.47. The van der Waals surface area contributed by atoms with Crippen molar-refractivity contribution in [3.05, 3.63) is 18.0 Å². The molecular weight excluding hydrogens is 198 g/mol. The molecule has 1 aliphatic heterocycles. The molecule has 0 spiro atoms. The van der Waals surface area contributed by atoms with Crippen LogP contribution in [0, 0.1) is 0 Å². The predicted octanol–water partition coefficient (Wildman–Crippen LogP) is 2.66. The van der Waals surface area contributed by atoms with Gasteiger partial charge in [0.25, 0.3) is 0 Å².